The van der Waals surface area contributed by atoms with Crippen LogP contribution in [-0.2, 0) is 4.74 Å². The second-order valence-corrected chi connectivity index (χ2v) is 4.40. The summed E-state index contributed by atoms with van der Waals surface area (Å²) in [6, 6.07) is 0. The van der Waals surface area contributed by atoms with Crippen molar-refractivity contribution < 1.29 is 4.74 Å². The summed E-state index contributed by atoms with van der Waals surface area (Å²) in [5.41, 5.74) is 0.440. The van der Waals surface area contributed by atoms with Crippen LogP contribution in [0.5, 0.6) is 0 Å². The Labute approximate surface area is 76.5 Å². The molecule has 0 aromatic rings. The minimum absolute atomic E-state index is 0.431. The molecular formula is C11H22O. The Kier molecular flexibility index (Phi) is 3.16. The van der Waals surface area contributed by atoms with E-state index in [1.165, 1.54) is 19.3 Å². The molecule has 1 heteroatoms. The molecule has 0 aliphatic heterocycles. The van der Waals surface area contributed by atoms with Gasteiger partial charge in [0.1, 0.15) is 0 Å². The fourth-order valence-corrected chi connectivity index (χ4v) is 2.41. The smallest absolute Gasteiger partial charge is 0.0602 e. The zero-order chi connectivity index (χ0) is 9.19. The average molecular weight is 170 g/mol. The van der Waals surface area contributed by atoms with Crippen LogP contribution in [0.1, 0.15) is 47.0 Å². The second kappa shape index (κ2) is 3.78. The van der Waals surface area contributed by atoms with Crippen molar-refractivity contribution in [2.45, 2.75) is 53.1 Å². The van der Waals surface area contributed by atoms with Crippen LogP contribution in [0, 0.1) is 11.3 Å². The first kappa shape index (κ1) is 10.0. The third-order valence-corrected chi connectivity index (χ3v) is 3.82. The zero-order valence-corrected chi connectivity index (χ0v) is 8.89. The zero-order valence-electron chi connectivity index (χ0n) is 8.89. The molecule has 0 aromatic heterocycles. The summed E-state index contributed by atoms with van der Waals surface area (Å²) in [5, 5.41) is 0. The molecule has 12 heavy (non-hydrogen) atoms. The fraction of sp³-hybridized carbons (Fsp3) is 1.00. The highest BCUT2D eigenvalue weighted by atomic mass is 16.5. The average Bonchev–Trinajstić information content (AvgIpc) is 2.34. The lowest BCUT2D eigenvalue weighted by Crippen LogP contribution is -2.34. The Balaban J connectivity index is 2.56. The van der Waals surface area contributed by atoms with Crippen LogP contribution in [0.2, 0.25) is 0 Å². The Bertz CT molecular complexity index is 144. The van der Waals surface area contributed by atoms with Gasteiger partial charge < -0.3 is 4.74 Å². The molecule has 0 saturated heterocycles. The predicted molar refractivity (Wildman–Crippen MR) is 52.2 cm³/mol. The summed E-state index contributed by atoms with van der Waals surface area (Å²) in [5.74, 6) is 0.832. The lowest BCUT2D eigenvalue weighted by Gasteiger charge is -2.35. The van der Waals surface area contributed by atoms with Crippen molar-refractivity contribution in [3.05, 3.63) is 0 Å². The van der Waals surface area contributed by atoms with Gasteiger partial charge in [0.25, 0.3) is 0 Å². The maximum Gasteiger partial charge on any atom is 0.0602 e. The van der Waals surface area contributed by atoms with Gasteiger partial charge in [-0.3, -0.25) is 0 Å². The van der Waals surface area contributed by atoms with E-state index >= 15 is 0 Å². The molecule has 1 saturated carbocycles. The highest BCUT2D eigenvalue weighted by Crippen LogP contribution is 2.46. The summed E-state index contributed by atoms with van der Waals surface area (Å²) in [6.45, 7) is 9.90. The van der Waals surface area contributed by atoms with Gasteiger partial charge in [0.2, 0.25) is 0 Å². The standard InChI is InChI=1S/C11H22O/c1-5-12-10(3)11(4)8-6-7-9(11)2/h9-10H,5-8H2,1-4H3. The van der Waals surface area contributed by atoms with E-state index in [0.717, 1.165) is 12.5 Å². The van der Waals surface area contributed by atoms with Crippen LogP contribution in [0.3, 0.4) is 0 Å². The SMILES string of the molecule is CCOC(C)C1(C)CCCC1C. The van der Waals surface area contributed by atoms with E-state index in [9.17, 15) is 0 Å². The van der Waals surface area contributed by atoms with E-state index in [4.69, 9.17) is 4.74 Å². The van der Waals surface area contributed by atoms with Gasteiger partial charge in [-0.05, 0) is 31.6 Å². The van der Waals surface area contributed by atoms with E-state index < -0.39 is 0 Å². The van der Waals surface area contributed by atoms with Crippen molar-refractivity contribution in [3.8, 4) is 0 Å². The molecule has 0 amide bonds. The molecule has 1 rings (SSSR count). The van der Waals surface area contributed by atoms with Crippen LogP contribution >= 0.6 is 0 Å². The Morgan fingerprint density at radius 2 is 2.25 bits per heavy atom. The number of hydrogen-bond acceptors (Lipinski definition) is 1. The van der Waals surface area contributed by atoms with Crippen molar-refractivity contribution in [1.82, 2.24) is 0 Å². The van der Waals surface area contributed by atoms with Gasteiger partial charge in [0.05, 0.1) is 6.10 Å². The summed E-state index contributed by atoms with van der Waals surface area (Å²) < 4.78 is 5.70. The molecule has 72 valence electrons. The first-order chi connectivity index (χ1) is 5.61. The van der Waals surface area contributed by atoms with Gasteiger partial charge in [-0.25, -0.2) is 0 Å². The third-order valence-electron chi connectivity index (χ3n) is 3.82. The molecule has 1 aliphatic carbocycles. The van der Waals surface area contributed by atoms with Crippen molar-refractivity contribution in [3.63, 3.8) is 0 Å². The van der Waals surface area contributed by atoms with Crippen LogP contribution in [0.15, 0.2) is 0 Å². The maximum absolute atomic E-state index is 5.70. The molecule has 0 spiro atoms. The lowest BCUT2D eigenvalue weighted by molar-refractivity contribution is -0.0314. The summed E-state index contributed by atoms with van der Waals surface area (Å²) in [4.78, 5) is 0. The van der Waals surface area contributed by atoms with E-state index in [0.29, 0.717) is 11.5 Å². The van der Waals surface area contributed by atoms with Crippen LogP contribution < -0.4 is 0 Å². The molecule has 0 radical (unpaired) electrons. The van der Waals surface area contributed by atoms with Gasteiger partial charge >= 0.3 is 0 Å². The Hall–Kier alpha value is -0.0400. The molecule has 1 fully saturated rings. The summed E-state index contributed by atoms with van der Waals surface area (Å²) in [6.07, 6.45) is 4.54. The van der Waals surface area contributed by atoms with Gasteiger partial charge in [-0.15, -0.1) is 0 Å². The Morgan fingerprint density at radius 1 is 1.58 bits per heavy atom. The van der Waals surface area contributed by atoms with Crippen molar-refractivity contribution in [2.24, 2.45) is 11.3 Å². The fourth-order valence-electron chi connectivity index (χ4n) is 2.41. The normalized spacial score (nSPS) is 38.5. The number of ether oxygens (including phenoxy) is 1. The van der Waals surface area contributed by atoms with Crippen molar-refractivity contribution in [2.75, 3.05) is 6.61 Å². The minimum Gasteiger partial charge on any atom is -0.378 e. The summed E-state index contributed by atoms with van der Waals surface area (Å²) >= 11 is 0. The van der Waals surface area contributed by atoms with Crippen LogP contribution in [0.25, 0.3) is 0 Å². The molecule has 0 N–H and O–H groups in total. The first-order valence-electron chi connectivity index (χ1n) is 5.23. The monoisotopic (exact) mass is 170 g/mol. The van der Waals surface area contributed by atoms with Gasteiger partial charge in [0.15, 0.2) is 0 Å². The lowest BCUT2D eigenvalue weighted by atomic mass is 9.76. The van der Waals surface area contributed by atoms with Crippen LogP contribution in [-0.4, -0.2) is 12.7 Å². The molecule has 3 unspecified atom stereocenters. The molecule has 0 heterocycles. The van der Waals surface area contributed by atoms with Crippen molar-refractivity contribution >= 4 is 0 Å². The van der Waals surface area contributed by atoms with Crippen LogP contribution in [0.4, 0.5) is 0 Å². The molecule has 0 bridgehead atoms. The molecule has 1 nitrogen and oxygen atoms in total. The van der Waals surface area contributed by atoms with E-state index in [1.807, 2.05) is 0 Å². The predicted octanol–water partition coefficient (Wildman–Crippen LogP) is 3.24. The minimum atomic E-state index is 0.431. The quantitative estimate of drug-likeness (QED) is 0.632. The van der Waals surface area contributed by atoms with E-state index in [1.54, 1.807) is 0 Å². The Morgan fingerprint density at radius 3 is 2.67 bits per heavy atom. The third kappa shape index (κ3) is 1.66. The number of hydrogen-bond donors (Lipinski definition) is 0. The highest BCUT2D eigenvalue weighted by Gasteiger charge is 2.40. The molecule has 3 atom stereocenters. The summed E-state index contributed by atoms with van der Waals surface area (Å²) in [7, 11) is 0. The molecular weight excluding hydrogens is 148 g/mol. The van der Waals surface area contributed by atoms with E-state index in [-0.39, 0.29) is 0 Å². The van der Waals surface area contributed by atoms with Gasteiger partial charge in [-0.1, -0.05) is 26.7 Å². The molecule has 0 aromatic carbocycles. The van der Waals surface area contributed by atoms with Gasteiger partial charge in [0, 0.05) is 6.61 Å². The van der Waals surface area contributed by atoms with Gasteiger partial charge in [-0.2, -0.15) is 0 Å². The highest BCUT2D eigenvalue weighted by molar-refractivity contribution is 4.90. The largest absolute Gasteiger partial charge is 0.378 e. The maximum atomic E-state index is 5.70. The van der Waals surface area contributed by atoms with E-state index in [2.05, 4.69) is 27.7 Å². The number of rotatable bonds is 3. The van der Waals surface area contributed by atoms with Crippen molar-refractivity contribution in [1.29, 1.82) is 0 Å². The molecule has 1 aliphatic rings. The second-order valence-electron chi connectivity index (χ2n) is 4.40. The topological polar surface area (TPSA) is 9.23 Å². The first-order valence-corrected chi connectivity index (χ1v) is 5.23.